The van der Waals surface area contributed by atoms with Crippen LogP contribution in [0.2, 0.25) is 0 Å². The maximum Gasteiger partial charge on any atom is 0.433 e. The van der Waals surface area contributed by atoms with Gasteiger partial charge in [-0.05, 0) is 26.5 Å². The molecule has 3 aromatic heterocycles. The van der Waals surface area contributed by atoms with E-state index in [2.05, 4.69) is 25.5 Å². The van der Waals surface area contributed by atoms with E-state index >= 15 is 0 Å². The molecule has 0 unspecified atom stereocenters. The van der Waals surface area contributed by atoms with Crippen molar-refractivity contribution < 1.29 is 22.7 Å². The Morgan fingerprint density at radius 1 is 1.27 bits per heavy atom. The Kier molecular flexibility index (Phi) is 5.67. The number of thioether (sulfide) groups is 1. The van der Waals surface area contributed by atoms with Gasteiger partial charge in [-0.3, -0.25) is 10.00 Å². The number of carbonyl (C=O) groups excluding carboxylic acids is 1. The zero-order valence-electron chi connectivity index (χ0n) is 16.9. The second kappa shape index (κ2) is 7.78. The van der Waals surface area contributed by atoms with Crippen LogP contribution in [0.3, 0.4) is 0 Å². The number of halogens is 3. The van der Waals surface area contributed by atoms with E-state index in [1.165, 1.54) is 16.4 Å². The molecule has 0 atom stereocenters. The summed E-state index contributed by atoms with van der Waals surface area (Å²) in [7, 11) is 1.62. The third-order valence-electron chi connectivity index (χ3n) is 3.64. The van der Waals surface area contributed by atoms with E-state index in [-0.39, 0.29) is 11.5 Å². The van der Waals surface area contributed by atoms with Gasteiger partial charge in [-0.15, -0.1) is 16.9 Å². The lowest BCUT2D eigenvalue weighted by Crippen LogP contribution is -2.28. The van der Waals surface area contributed by atoms with Crippen LogP contribution in [0.15, 0.2) is 17.3 Å². The molecule has 0 fully saturated rings. The number of alkyl halides is 3. The minimum Gasteiger partial charge on any atom is -0.444 e. The lowest BCUT2D eigenvalue weighted by Gasteiger charge is -2.20. The molecule has 30 heavy (non-hydrogen) atoms. The number of hydrogen-bond donors (Lipinski definition) is 1. The fraction of sp³-hybridized carbons (Fsp3) is 0.471. The van der Waals surface area contributed by atoms with Gasteiger partial charge in [0.1, 0.15) is 29.1 Å². The summed E-state index contributed by atoms with van der Waals surface area (Å²) in [5.41, 5.74) is -1.44. The van der Waals surface area contributed by atoms with Gasteiger partial charge in [0.05, 0.1) is 4.90 Å². The van der Waals surface area contributed by atoms with Gasteiger partial charge in [0, 0.05) is 13.1 Å². The van der Waals surface area contributed by atoms with Crippen LogP contribution in [0.5, 0.6) is 0 Å². The zero-order valence-corrected chi connectivity index (χ0v) is 17.7. The largest absolute Gasteiger partial charge is 0.444 e. The summed E-state index contributed by atoms with van der Waals surface area (Å²) in [4.78, 5) is 20.3. The number of fused-ring (bicyclic) bond motifs is 1. The molecule has 0 saturated heterocycles. The molecule has 1 amide bonds. The Balaban J connectivity index is 2.02. The molecular weight excluding hydrogens is 423 g/mol. The van der Waals surface area contributed by atoms with E-state index in [1.807, 2.05) is 6.92 Å². The summed E-state index contributed by atoms with van der Waals surface area (Å²) in [5, 5.41) is 11.2. The third-order valence-corrected chi connectivity index (χ3v) is 4.61. The van der Waals surface area contributed by atoms with Crippen LogP contribution in [-0.4, -0.2) is 46.8 Å². The molecule has 0 aliphatic rings. The van der Waals surface area contributed by atoms with Crippen molar-refractivity contribution in [2.24, 2.45) is 7.05 Å². The predicted molar refractivity (Wildman–Crippen MR) is 104 cm³/mol. The lowest BCUT2D eigenvalue weighted by molar-refractivity contribution is -0.141. The highest BCUT2D eigenvalue weighted by molar-refractivity contribution is 7.99. The predicted octanol–water partition coefficient (Wildman–Crippen LogP) is 4.00. The molecule has 13 heteroatoms. The highest BCUT2D eigenvalue weighted by atomic mass is 32.2. The summed E-state index contributed by atoms with van der Waals surface area (Å²) >= 11 is 1.38. The summed E-state index contributed by atoms with van der Waals surface area (Å²) in [6.45, 7) is 7.14. The van der Waals surface area contributed by atoms with E-state index in [9.17, 15) is 18.0 Å². The second-order valence-corrected chi connectivity index (χ2v) is 8.49. The smallest absolute Gasteiger partial charge is 0.433 e. The standard InChI is InChI=1S/C17H20F3N7O2S/c1-6-30-12-11(24-26(5)14(12)23-15(28)29-16(2,3)4)13-22-10-7-9(17(18,19)20)21-8-27(10)25-13/h7-8H,6H2,1-5H3,(H,23,28). The lowest BCUT2D eigenvalue weighted by atomic mass is 10.2. The summed E-state index contributed by atoms with van der Waals surface area (Å²) in [6, 6.07) is 0.811. The van der Waals surface area contributed by atoms with E-state index in [4.69, 9.17) is 4.74 Å². The number of ether oxygens (including phenoxy) is 1. The molecule has 3 aromatic rings. The van der Waals surface area contributed by atoms with Crippen molar-refractivity contribution in [2.45, 2.75) is 44.4 Å². The third kappa shape index (κ3) is 4.66. The minimum atomic E-state index is -4.59. The van der Waals surface area contributed by atoms with Crippen LogP contribution in [0.4, 0.5) is 23.8 Å². The van der Waals surface area contributed by atoms with E-state index in [0.29, 0.717) is 22.2 Å². The maximum atomic E-state index is 12.9. The number of nitrogens with one attached hydrogen (secondary N) is 1. The van der Waals surface area contributed by atoms with Gasteiger partial charge in [0.2, 0.25) is 5.82 Å². The number of amides is 1. The van der Waals surface area contributed by atoms with Gasteiger partial charge >= 0.3 is 12.3 Å². The molecule has 0 radical (unpaired) electrons. The summed E-state index contributed by atoms with van der Waals surface area (Å²) in [5.74, 6) is 1.13. The Morgan fingerprint density at radius 2 is 1.97 bits per heavy atom. The van der Waals surface area contributed by atoms with Crippen molar-refractivity contribution >= 4 is 29.3 Å². The Morgan fingerprint density at radius 3 is 2.57 bits per heavy atom. The van der Waals surface area contributed by atoms with Crippen LogP contribution >= 0.6 is 11.8 Å². The summed E-state index contributed by atoms with van der Waals surface area (Å²) < 4.78 is 46.6. The van der Waals surface area contributed by atoms with Gasteiger partial charge in [-0.1, -0.05) is 6.92 Å². The Hall–Kier alpha value is -2.83. The van der Waals surface area contributed by atoms with Crippen LogP contribution in [-0.2, 0) is 18.0 Å². The molecule has 0 spiro atoms. The molecule has 0 aliphatic carbocycles. The topological polar surface area (TPSA) is 99.2 Å². The first-order valence-corrected chi connectivity index (χ1v) is 9.87. The Bertz CT molecular complexity index is 1090. The zero-order chi connectivity index (χ0) is 22.3. The quantitative estimate of drug-likeness (QED) is 0.609. The van der Waals surface area contributed by atoms with E-state index < -0.39 is 23.6 Å². The number of nitrogens with zero attached hydrogens (tertiary/aromatic N) is 6. The highest BCUT2D eigenvalue weighted by Gasteiger charge is 2.33. The molecule has 0 saturated carbocycles. The minimum absolute atomic E-state index is 0.0212. The summed E-state index contributed by atoms with van der Waals surface area (Å²) in [6.07, 6.45) is -4.30. The fourth-order valence-corrected chi connectivity index (χ4v) is 3.40. The van der Waals surface area contributed by atoms with Crippen LogP contribution in [0.1, 0.15) is 33.4 Å². The first-order valence-electron chi connectivity index (χ1n) is 8.89. The number of aromatic nitrogens is 6. The van der Waals surface area contributed by atoms with Gasteiger partial charge in [0.25, 0.3) is 0 Å². The first-order chi connectivity index (χ1) is 13.9. The van der Waals surface area contributed by atoms with Gasteiger partial charge in [-0.25, -0.2) is 19.3 Å². The number of anilines is 1. The van der Waals surface area contributed by atoms with Crippen molar-refractivity contribution in [2.75, 3.05) is 11.1 Å². The number of hydrogen-bond acceptors (Lipinski definition) is 7. The highest BCUT2D eigenvalue weighted by Crippen LogP contribution is 2.36. The van der Waals surface area contributed by atoms with Crippen LogP contribution < -0.4 is 5.32 Å². The van der Waals surface area contributed by atoms with Crippen molar-refractivity contribution in [3.63, 3.8) is 0 Å². The van der Waals surface area contributed by atoms with Crippen LogP contribution in [0.25, 0.3) is 17.2 Å². The van der Waals surface area contributed by atoms with E-state index in [0.717, 1.165) is 16.9 Å². The van der Waals surface area contributed by atoms with Gasteiger partial charge in [-0.2, -0.15) is 18.3 Å². The molecule has 0 bridgehead atoms. The number of carbonyl (C=O) groups is 1. The molecule has 3 heterocycles. The maximum absolute atomic E-state index is 12.9. The fourth-order valence-electron chi connectivity index (χ4n) is 2.52. The monoisotopic (exact) mass is 443 g/mol. The Labute approximate surface area is 174 Å². The molecule has 9 nitrogen and oxygen atoms in total. The first kappa shape index (κ1) is 21.9. The van der Waals surface area contributed by atoms with Crippen molar-refractivity contribution in [3.8, 4) is 11.5 Å². The van der Waals surface area contributed by atoms with Crippen molar-refractivity contribution in [3.05, 3.63) is 18.1 Å². The number of rotatable bonds is 4. The normalized spacial score (nSPS) is 12.4. The average Bonchev–Trinajstić information content (AvgIpc) is 3.15. The van der Waals surface area contributed by atoms with Crippen molar-refractivity contribution in [1.29, 1.82) is 0 Å². The number of aryl methyl sites for hydroxylation is 1. The molecule has 162 valence electrons. The molecule has 1 N–H and O–H groups in total. The molecule has 0 aromatic carbocycles. The van der Waals surface area contributed by atoms with Gasteiger partial charge < -0.3 is 4.74 Å². The van der Waals surface area contributed by atoms with Crippen molar-refractivity contribution in [1.82, 2.24) is 29.4 Å². The second-order valence-electron chi connectivity index (χ2n) is 7.22. The van der Waals surface area contributed by atoms with Gasteiger partial charge in [0.15, 0.2) is 5.65 Å². The molecule has 0 aliphatic heterocycles. The van der Waals surface area contributed by atoms with E-state index in [1.54, 1.807) is 27.8 Å². The van der Waals surface area contributed by atoms with Crippen LogP contribution in [0, 0.1) is 0 Å². The SMILES string of the molecule is CCSc1c(-c2nc3cc(C(F)(F)F)ncn3n2)nn(C)c1NC(=O)OC(C)(C)C. The average molecular weight is 443 g/mol. The molecular formula is C17H20F3N7O2S. The molecule has 3 rings (SSSR count).